The van der Waals surface area contributed by atoms with Gasteiger partial charge in [-0.1, -0.05) is 49.2 Å². The number of halogens is 4. The molecule has 0 amide bonds. The first-order valence-electron chi connectivity index (χ1n) is 11.8. The molecule has 2 N–H and O–H groups in total. The van der Waals surface area contributed by atoms with Gasteiger partial charge in [0.15, 0.2) is 5.60 Å². The number of benzene rings is 3. The Hall–Kier alpha value is -3.23. The zero-order chi connectivity index (χ0) is 26.8. The molecule has 37 heavy (non-hydrogen) atoms. The fourth-order valence-corrected chi connectivity index (χ4v) is 5.71. The van der Waals surface area contributed by atoms with E-state index >= 15 is 0 Å². The van der Waals surface area contributed by atoms with Crippen LogP contribution in [0.2, 0.25) is 5.02 Å². The van der Waals surface area contributed by atoms with Crippen molar-refractivity contribution in [2.75, 3.05) is 12.4 Å². The third kappa shape index (κ3) is 4.12. The van der Waals surface area contributed by atoms with Crippen molar-refractivity contribution in [2.24, 2.45) is 0 Å². The number of aromatic nitrogens is 2. The van der Waals surface area contributed by atoms with Crippen LogP contribution in [0.1, 0.15) is 43.0 Å². The highest BCUT2D eigenvalue weighted by molar-refractivity contribution is 6.32. The Labute approximate surface area is 217 Å². The van der Waals surface area contributed by atoms with Crippen molar-refractivity contribution < 1.29 is 23.0 Å². The van der Waals surface area contributed by atoms with Gasteiger partial charge in [0.25, 0.3) is 0 Å². The number of hydrogen-bond donors (Lipinski definition) is 2. The number of aryl methyl sites for hydroxylation is 1. The highest BCUT2D eigenvalue weighted by atomic mass is 35.5. The van der Waals surface area contributed by atoms with Crippen LogP contribution in [-0.2, 0) is 5.41 Å². The molecule has 1 aromatic heterocycles. The minimum Gasteiger partial charge on any atom is -0.495 e. The van der Waals surface area contributed by atoms with Gasteiger partial charge in [-0.25, -0.2) is 4.68 Å². The molecule has 0 saturated carbocycles. The smallest absolute Gasteiger partial charge is 0.419 e. The third-order valence-electron chi connectivity index (χ3n) is 7.17. The molecule has 194 valence electrons. The first-order chi connectivity index (χ1) is 17.4. The van der Waals surface area contributed by atoms with Crippen LogP contribution in [0.3, 0.4) is 0 Å². The van der Waals surface area contributed by atoms with E-state index in [1.807, 2.05) is 31.2 Å². The third-order valence-corrected chi connectivity index (χ3v) is 7.47. The second-order valence-electron chi connectivity index (χ2n) is 10.3. The number of fused-ring (bicyclic) bond motifs is 2. The summed E-state index contributed by atoms with van der Waals surface area (Å²) in [6, 6.07) is 14.6. The molecule has 4 aromatic rings. The van der Waals surface area contributed by atoms with E-state index in [-0.39, 0.29) is 5.56 Å². The van der Waals surface area contributed by atoms with E-state index in [1.165, 1.54) is 19.2 Å². The summed E-state index contributed by atoms with van der Waals surface area (Å²) in [5.74, 6) is 0.315. The number of aliphatic hydroxyl groups is 1. The molecule has 0 aliphatic heterocycles. The number of ether oxygens (including phenoxy) is 1. The maximum Gasteiger partial charge on any atom is 0.419 e. The Kier molecular flexibility index (Phi) is 5.96. The predicted octanol–water partition coefficient (Wildman–Crippen LogP) is 7.12. The Balaban J connectivity index is 1.61. The van der Waals surface area contributed by atoms with E-state index in [9.17, 15) is 18.3 Å². The Morgan fingerprint density at radius 3 is 2.46 bits per heavy atom. The molecular formula is C28H27ClF3N3O2. The van der Waals surface area contributed by atoms with Gasteiger partial charge in [0.2, 0.25) is 0 Å². The van der Waals surface area contributed by atoms with Crippen LogP contribution in [0.4, 0.5) is 18.9 Å². The maximum absolute atomic E-state index is 14.5. The molecule has 1 aliphatic rings. The number of nitrogens with one attached hydrogen (secondary N) is 1. The molecule has 0 spiro atoms. The topological polar surface area (TPSA) is 59.3 Å². The number of hydrogen-bond acceptors (Lipinski definition) is 4. The van der Waals surface area contributed by atoms with E-state index in [2.05, 4.69) is 10.4 Å². The van der Waals surface area contributed by atoms with Crippen molar-refractivity contribution in [3.8, 4) is 11.4 Å². The highest BCUT2D eigenvalue weighted by Gasteiger charge is 2.64. The van der Waals surface area contributed by atoms with Gasteiger partial charge >= 0.3 is 6.18 Å². The van der Waals surface area contributed by atoms with Crippen LogP contribution in [0.25, 0.3) is 16.6 Å². The molecule has 0 radical (unpaired) electrons. The molecule has 2 unspecified atom stereocenters. The second-order valence-corrected chi connectivity index (χ2v) is 10.7. The molecule has 1 heterocycles. The fraction of sp³-hybridized carbons (Fsp3) is 0.321. The van der Waals surface area contributed by atoms with Crippen molar-refractivity contribution in [1.29, 1.82) is 0 Å². The molecular weight excluding hydrogens is 503 g/mol. The minimum absolute atomic E-state index is 0.285. The Morgan fingerprint density at radius 2 is 1.81 bits per heavy atom. The summed E-state index contributed by atoms with van der Waals surface area (Å²) in [5, 5.41) is 19.8. The quantitative estimate of drug-likeness (QED) is 0.295. The summed E-state index contributed by atoms with van der Waals surface area (Å²) in [4.78, 5) is 0. The average Bonchev–Trinajstić information content (AvgIpc) is 3.24. The first kappa shape index (κ1) is 25.4. The van der Waals surface area contributed by atoms with Gasteiger partial charge in [0.1, 0.15) is 5.75 Å². The maximum atomic E-state index is 14.5. The summed E-state index contributed by atoms with van der Waals surface area (Å²) in [5.41, 5.74) is -0.0496. The van der Waals surface area contributed by atoms with E-state index < -0.39 is 29.7 Å². The SMILES string of the molecule is COc1c(Cl)ccc2c1C(C)(C)CC(O)(C(F)(F)F)C2Nc1ccc2c(cnn2-c2ccc(C)cc2)c1. The van der Waals surface area contributed by atoms with Gasteiger partial charge < -0.3 is 15.2 Å². The summed E-state index contributed by atoms with van der Waals surface area (Å²) in [7, 11) is 1.43. The fourth-order valence-electron chi connectivity index (χ4n) is 5.47. The standard InChI is InChI=1S/C28H27ClF3N3O2/c1-16-5-8-19(9-6-16)35-22-12-7-18(13-17(22)14-33-35)34-25-20-10-11-21(29)24(37-4)23(20)26(2,3)15-27(25,36)28(30,31)32/h5-14,25,34,36H,15H2,1-4H3. The molecule has 2 atom stereocenters. The van der Waals surface area contributed by atoms with Crippen LogP contribution in [0.5, 0.6) is 5.75 Å². The first-order valence-corrected chi connectivity index (χ1v) is 12.2. The molecule has 5 rings (SSSR count). The highest BCUT2D eigenvalue weighted by Crippen LogP contribution is 2.57. The number of anilines is 1. The van der Waals surface area contributed by atoms with Crippen molar-refractivity contribution in [3.63, 3.8) is 0 Å². The van der Waals surface area contributed by atoms with Crippen LogP contribution in [0.15, 0.2) is 60.8 Å². The van der Waals surface area contributed by atoms with E-state index in [4.69, 9.17) is 16.3 Å². The van der Waals surface area contributed by atoms with E-state index in [0.29, 0.717) is 22.0 Å². The van der Waals surface area contributed by atoms with Gasteiger partial charge in [-0.3, -0.25) is 0 Å². The zero-order valence-electron chi connectivity index (χ0n) is 20.8. The number of methoxy groups -OCH3 is 1. The minimum atomic E-state index is -4.90. The van der Waals surface area contributed by atoms with Crippen LogP contribution < -0.4 is 10.1 Å². The van der Waals surface area contributed by atoms with Gasteiger partial charge in [-0.05, 0) is 60.7 Å². The lowest BCUT2D eigenvalue weighted by Crippen LogP contribution is -2.58. The summed E-state index contributed by atoms with van der Waals surface area (Å²) in [6.45, 7) is 5.31. The van der Waals surface area contributed by atoms with Crippen molar-refractivity contribution >= 4 is 28.2 Å². The number of alkyl halides is 3. The van der Waals surface area contributed by atoms with Crippen molar-refractivity contribution in [3.05, 3.63) is 82.5 Å². The predicted molar refractivity (Wildman–Crippen MR) is 139 cm³/mol. The van der Waals surface area contributed by atoms with Gasteiger partial charge in [-0.2, -0.15) is 18.3 Å². The van der Waals surface area contributed by atoms with Gasteiger partial charge in [-0.15, -0.1) is 0 Å². The zero-order valence-corrected chi connectivity index (χ0v) is 21.6. The van der Waals surface area contributed by atoms with Gasteiger partial charge in [0, 0.05) is 16.6 Å². The van der Waals surface area contributed by atoms with Crippen LogP contribution in [-0.4, -0.2) is 33.8 Å². The molecule has 5 nitrogen and oxygen atoms in total. The number of nitrogens with zero attached hydrogens (tertiary/aromatic N) is 2. The lowest BCUT2D eigenvalue weighted by molar-refractivity contribution is -0.275. The Bertz CT molecular complexity index is 1480. The van der Waals surface area contributed by atoms with Crippen molar-refractivity contribution in [2.45, 2.75) is 50.4 Å². The monoisotopic (exact) mass is 529 g/mol. The lowest BCUT2D eigenvalue weighted by Gasteiger charge is -2.49. The Morgan fingerprint density at radius 1 is 1.11 bits per heavy atom. The van der Waals surface area contributed by atoms with Crippen LogP contribution in [0, 0.1) is 6.92 Å². The number of rotatable bonds is 4. The second kappa shape index (κ2) is 8.67. The van der Waals surface area contributed by atoms with Gasteiger partial charge in [0.05, 0.1) is 35.6 Å². The largest absolute Gasteiger partial charge is 0.495 e. The molecule has 0 bridgehead atoms. The van der Waals surface area contributed by atoms with E-state index in [1.54, 1.807) is 42.9 Å². The average molecular weight is 530 g/mol. The summed E-state index contributed by atoms with van der Waals surface area (Å²) < 4.78 is 50.7. The van der Waals surface area contributed by atoms with E-state index in [0.717, 1.165) is 22.2 Å². The lowest BCUT2D eigenvalue weighted by atomic mass is 9.63. The molecule has 1 aliphatic carbocycles. The summed E-state index contributed by atoms with van der Waals surface area (Å²) >= 11 is 6.34. The molecule has 0 saturated heterocycles. The summed E-state index contributed by atoms with van der Waals surface area (Å²) in [6.07, 6.45) is -3.80. The molecule has 0 fully saturated rings. The van der Waals surface area contributed by atoms with Crippen LogP contribution >= 0.6 is 11.6 Å². The van der Waals surface area contributed by atoms with Crippen molar-refractivity contribution in [1.82, 2.24) is 9.78 Å². The normalized spacial score (nSPS) is 21.1. The molecule has 9 heteroatoms. The molecule has 3 aromatic carbocycles.